The minimum Gasteiger partial charge on any atom is -0.329 e. The zero-order valence-corrected chi connectivity index (χ0v) is 10.4. The third-order valence-electron chi connectivity index (χ3n) is 4.05. The number of aryl methyl sites for hydroxylation is 1. The molecule has 0 aromatic carbocycles. The van der Waals surface area contributed by atoms with Crippen LogP contribution < -0.4 is 5.32 Å². The molecule has 1 unspecified atom stereocenters. The van der Waals surface area contributed by atoms with Crippen LogP contribution >= 0.6 is 0 Å². The monoisotopic (exact) mass is 230 g/mol. The van der Waals surface area contributed by atoms with Gasteiger partial charge in [0.1, 0.15) is 5.82 Å². The molecule has 2 aromatic rings. The van der Waals surface area contributed by atoms with Crippen molar-refractivity contribution in [2.45, 2.75) is 25.2 Å². The summed E-state index contributed by atoms with van der Waals surface area (Å²) in [6.45, 7) is 4.37. The Hall–Kier alpha value is -1.42. The first-order valence-corrected chi connectivity index (χ1v) is 6.25. The maximum absolute atomic E-state index is 4.75. The number of nitrogens with one attached hydrogen (secondary N) is 1. The number of nitrogens with zero attached hydrogens (tertiary/aromatic N) is 3. The fraction of sp³-hybridized carbons (Fsp3) is 0.538. The Kier molecular flexibility index (Phi) is 2.40. The first-order valence-electron chi connectivity index (χ1n) is 6.25. The normalized spacial score (nSPS) is 24.6. The summed E-state index contributed by atoms with van der Waals surface area (Å²) < 4.78 is 2.21. The second kappa shape index (κ2) is 3.81. The minimum absolute atomic E-state index is 0.190. The van der Waals surface area contributed by atoms with Crippen molar-refractivity contribution in [2.75, 3.05) is 13.1 Å². The van der Waals surface area contributed by atoms with Crippen molar-refractivity contribution in [3.8, 4) is 0 Å². The summed E-state index contributed by atoms with van der Waals surface area (Å²) in [6.07, 6.45) is 4.10. The van der Waals surface area contributed by atoms with Crippen LogP contribution in [0.1, 0.15) is 25.6 Å². The van der Waals surface area contributed by atoms with E-state index in [1.807, 2.05) is 12.3 Å². The highest BCUT2D eigenvalue weighted by atomic mass is 15.1. The summed E-state index contributed by atoms with van der Waals surface area (Å²) in [6, 6.07) is 4.06. The molecule has 1 N–H and O–H groups in total. The maximum Gasteiger partial charge on any atom is 0.177 e. The van der Waals surface area contributed by atoms with Crippen LogP contribution in [0.5, 0.6) is 0 Å². The number of fused-ring (bicyclic) bond motifs is 1. The topological polar surface area (TPSA) is 42.7 Å². The first-order chi connectivity index (χ1) is 8.27. The van der Waals surface area contributed by atoms with Gasteiger partial charge in [-0.25, -0.2) is 9.97 Å². The molecule has 4 heteroatoms. The Balaban J connectivity index is 2.19. The van der Waals surface area contributed by atoms with Crippen LogP contribution in [-0.4, -0.2) is 27.6 Å². The van der Waals surface area contributed by atoms with E-state index in [0.29, 0.717) is 0 Å². The molecule has 4 nitrogen and oxygen atoms in total. The van der Waals surface area contributed by atoms with Crippen molar-refractivity contribution in [1.29, 1.82) is 0 Å². The molecule has 1 aliphatic rings. The van der Waals surface area contributed by atoms with Gasteiger partial charge in [-0.1, -0.05) is 6.92 Å². The van der Waals surface area contributed by atoms with Gasteiger partial charge in [0.2, 0.25) is 0 Å². The fourth-order valence-corrected chi connectivity index (χ4v) is 2.89. The van der Waals surface area contributed by atoms with Crippen LogP contribution in [0.15, 0.2) is 18.3 Å². The predicted octanol–water partition coefficient (Wildman–Crippen LogP) is 1.61. The Labute approximate surface area is 101 Å². The Morgan fingerprint density at radius 3 is 3.06 bits per heavy atom. The van der Waals surface area contributed by atoms with Crippen molar-refractivity contribution in [1.82, 2.24) is 19.9 Å². The van der Waals surface area contributed by atoms with Crippen LogP contribution in [0.4, 0.5) is 0 Å². The van der Waals surface area contributed by atoms with E-state index in [0.717, 1.165) is 30.7 Å². The highest BCUT2D eigenvalue weighted by Gasteiger charge is 2.38. The number of aromatic nitrogens is 3. The van der Waals surface area contributed by atoms with E-state index >= 15 is 0 Å². The Bertz CT molecular complexity index is 537. The second-order valence-electron chi connectivity index (χ2n) is 4.90. The lowest BCUT2D eigenvalue weighted by atomic mass is 9.83. The molecule has 1 saturated heterocycles. The summed E-state index contributed by atoms with van der Waals surface area (Å²) in [4.78, 5) is 9.10. The van der Waals surface area contributed by atoms with Crippen LogP contribution in [0.25, 0.3) is 11.2 Å². The van der Waals surface area contributed by atoms with Crippen LogP contribution in [0.2, 0.25) is 0 Å². The summed E-state index contributed by atoms with van der Waals surface area (Å²) in [7, 11) is 2.10. The highest BCUT2D eigenvalue weighted by molar-refractivity contribution is 5.71. The van der Waals surface area contributed by atoms with Gasteiger partial charge in [0, 0.05) is 25.2 Å². The molecule has 17 heavy (non-hydrogen) atoms. The van der Waals surface area contributed by atoms with Crippen molar-refractivity contribution in [2.24, 2.45) is 7.05 Å². The third-order valence-corrected chi connectivity index (χ3v) is 4.05. The molecule has 0 aliphatic carbocycles. The van der Waals surface area contributed by atoms with Crippen molar-refractivity contribution in [3.63, 3.8) is 0 Å². The summed E-state index contributed by atoms with van der Waals surface area (Å²) in [5.74, 6) is 1.18. The molecule has 0 bridgehead atoms. The van der Waals surface area contributed by atoms with E-state index in [9.17, 15) is 0 Å². The van der Waals surface area contributed by atoms with Gasteiger partial charge in [0.15, 0.2) is 5.65 Å². The number of hydrogen-bond donors (Lipinski definition) is 1. The standard InChI is InChI=1S/C13H18N4/c1-3-13(6-8-14-9-13)12-16-11-10(17(12)2)5-4-7-15-11/h4-5,7,14H,3,6,8-9H2,1-2H3. The van der Waals surface area contributed by atoms with E-state index in [1.165, 1.54) is 12.2 Å². The first kappa shape index (κ1) is 10.7. The lowest BCUT2D eigenvalue weighted by molar-refractivity contribution is 0.415. The van der Waals surface area contributed by atoms with Crippen LogP contribution in [-0.2, 0) is 12.5 Å². The molecular weight excluding hydrogens is 212 g/mol. The molecule has 3 heterocycles. The van der Waals surface area contributed by atoms with E-state index in [2.05, 4.69) is 34.9 Å². The van der Waals surface area contributed by atoms with Crippen molar-refractivity contribution >= 4 is 11.2 Å². The molecule has 90 valence electrons. The molecule has 0 spiro atoms. The quantitative estimate of drug-likeness (QED) is 0.852. The van der Waals surface area contributed by atoms with Gasteiger partial charge in [-0.15, -0.1) is 0 Å². The van der Waals surface area contributed by atoms with Gasteiger partial charge in [0.05, 0.1) is 5.52 Å². The third kappa shape index (κ3) is 1.47. The predicted molar refractivity (Wildman–Crippen MR) is 68.0 cm³/mol. The number of rotatable bonds is 2. The molecular formula is C13H18N4. The van der Waals surface area contributed by atoms with E-state index in [-0.39, 0.29) is 5.41 Å². The average Bonchev–Trinajstić information content (AvgIpc) is 2.96. The van der Waals surface area contributed by atoms with Crippen LogP contribution in [0.3, 0.4) is 0 Å². The lowest BCUT2D eigenvalue weighted by Gasteiger charge is -2.25. The van der Waals surface area contributed by atoms with Gasteiger partial charge in [0.25, 0.3) is 0 Å². The van der Waals surface area contributed by atoms with Gasteiger partial charge in [-0.3, -0.25) is 0 Å². The molecule has 1 fully saturated rings. The number of pyridine rings is 1. The van der Waals surface area contributed by atoms with E-state index < -0.39 is 0 Å². The molecule has 0 saturated carbocycles. The fourth-order valence-electron chi connectivity index (χ4n) is 2.89. The van der Waals surface area contributed by atoms with Gasteiger partial charge >= 0.3 is 0 Å². The molecule has 1 atom stereocenters. The van der Waals surface area contributed by atoms with Gasteiger partial charge in [-0.2, -0.15) is 0 Å². The smallest absolute Gasteiger partial charge is 0.177 e. The number of imidazole rings is 1. The summed E-state index contributed by atoms with van der Waals surface area (Å²) >= 11 is 0. The second-order valence-corrected chi connectivity index (χ2v) is 4.90. The summed E-state index contributed by atoms with van der Waals surface area (Å²) in [5.41, 5.74) is 2.18. The molecule has 2 aromatic heterocycles. The zero-order chi connectivity index (χ0) is 11.9. The average molecular weight is 230 g/mol. The van der Waals surface area contributed by atoms with E-state index in [4.69, 9.17) is 4.98 Å². The molecule has 3 rings (SSSR count). The van der Waals surface area contributed by atoms with Gasteiger partial charge in [-0.05, 0) is 31.5 Å². The largest absolute Gasteiger partial charge is 0.329 e. The van der Waals surface area contributed by atoms with Crippen molar-refractivity contribution in [3.05, 3.63) is 24.2 Å². The molecule has 0 radical (unpaired) electrons. The minimum atomic E-state index is 0.190. The molecule has 1 aliphatic heterocycles. The van der Waals surface area contributed by atoms with Crippen LogP contribution in [0, 0.1) is 0 Å². The number of hydrogen-bond acceptors (Lipinski definition) is 3. The Morgan fingerprint density at radius 1 is 1.53 bits per heavy atom. The summed E-state index contributed by atoms with van der Waals surface area (Å²) in [5, 5.41) is 3.46. The van der Waals surface area contributed by atoms with Crippen molar-refractivity contribution < 1.29 is 0 Å². The van der Waals surface area contributed by atoms with Gasteiger partial charge < -0.3 is 9.88 Å². The Morgan fingerprint density at radius 2 is 2.41 bits per heavy atom. The van der Waals surface area contributed by atoms with E-state index in [1.54, 1.807) is 0 Å². The SMILES string of the molecule is CCC1(c2nc3ncccc3n2C)CCNC1. The highest BCUT2D eigenvalue weighted by Crippen LogP contribution is 2.34. The lowest BCUT2D eigenvalue weighted by Crippen LogP contribution is -2.31. The maximum atomic E-state index is 4.75. The zero-order valence-electron chi connectivity index (χ0n) is 10.4. The molecule has 0 amide bonds.